The molecule has 1 aromatic heterocycles. The topological polar surface area (TPSA) is 12.9 Å². The maximum absolute atomic E-state index is 12.1. The van der Waals surface area contributed by atoms with Gasteiger partial charge in [-0.15, -0.1) is 0 Å². The van der Waals surface area contributed by atoms with Gasteiger partial charge in [-0.25, -0.2) is 13.8 Å². The van der Waals surface area contributed by atoms with Crippen LogP contribution in [0, 0.1) is 5.92 Å². The summed E-state index contributed by atoms with van der Waals surface area (Å²) in [5.74, 6) is 0.174. The second-order valence-corrected chi connectivity index (χ2v) is 4.55. The van der Waals surface area contributed by atoms with Crippen LogP contribution in [0.1, 0.15) is 24.3 Å². The largest absolute Gasteiger partial charge is 0.243 e. The van der Waals surface area contributed by atoms with Gasteiger partial charge in [0.05, 0.1) is 5.02 Å². The molecule has 0 bridgehead atoms. The van der Waals surface area contributed by atoms with Crippen LogP contribution in [0.4, 0.5) is 8.78 Å². The fourth-order valence-corrected chi connectivity index (χ4v) is 2.24. The number of pyridine rings is 1. The normalized spacial score (nSPS) is 24.6. The van der Waals surface area contributed by atoms with Gasteiger partial charge in [-0.2, -0.15) is 0 Å². The number of hydrogen-bond donors (Lipinski definition) is 0. The minimum Gasteiger partial charge on any atom is -0.243 e. The van der Waals surface area contributed by atoms with Crippen molar-refractivity contribution in [3.63, 3.8) is 0 Å². The molecular weight excluding hydrogens is 243 g/mol. The molecule has 1 aliphatic carbocycles. The van der Waals surface area contributed by atoms with Crippen molar-refractivity contribution in [1.82, 2.24) is 4.98 Å². The Kier molecular flexibility index (Phi) is 3.12. The van der Waals surface area contributed by atoms with Crippen molar-refractivity contribution in [3.8, 4) is 0 Å². The Labute approximate surface area is 96.4 Å². The number of aromatic nitrogens is 1. The van der Waals surface area contributed by atoms with E-state index in [9.17, 15) is 8.78 Å². The Hall–Kier alpha value is -0.410. The first-order chi connectivity index (χ1) is 7.08. The van der Waals surface area contributed by atoms with E-state index in [1.54, 1.807) is 6.07 Å². The molecule has 2 rings (SSSR count). The van der Waals surface area contributed by atoms with Crippen molar-refractivity contribution in [2.24, 2.45) is 5.92 Å². The minimum absolute atomic E-state index is 0.0426. The van der Waals surface area contributed by atoms with Crippen LogP contribution < -0.4 is 0 Å². The van der Waals surface area contributed by atoms with E-state index in [1.165, 1.54) is 6.20 Å². The number of halogens is 4. The molecule has 1 aliphatic rings. The van der Waals surface area contributed by atoms with Gasteiger partial charge in [0.1, 0.15) is 5.15 Å². The summed E-state index contributed by atoms with van der Waals surface area (Å²) in [6, 6.07) is 1.67. The van der Waals surface area contributed by atoms with Crippen molar-refractivity contribution in [3.05, 3.63) is 28.0 Å². The van der Waals surface area contributed by atoms with Gasteiger partial charge in [0.15, 0.2) is 0 Å². The summed E-state index contributed by atoms with van der Waals surface area (Å²) < 4.78 is 24.2. The predicted octanol–water partition coefficient (Wildman–Crippen LogP) is 4.15. The van der Waals surface area contributed by atoms with Crippen molar-refractivity contribution in [2.45, 2.75) is 25.2 Å². The van der Waals surface area contributed by atoms with Crippen LogP contribution in [0.3, 0.4) is 0 Å². The molecule has 1 fully saturated rings. The van der Waals surface area contributed by atoms with E-state index in [0.29, 0.717) is 10.2 Å². The summed E-state index contributed by atoms with van der Waals surface area (Å²) in [5, 5.41) is 0.873. The Morgan fingerprint density at radius 1 is 1.47 bits per heavy atom. The van der Waals surface area contributed by atoms with Crippen molar-refractivity contribution < 1.29 is 8.78 Å². The van der Waals surface area contributed by atoms with Gasteiger partial charge in [-0.1, -0.05) is 23.2 Å². The number of nitrogens with zero attached hydrogens (tertiary/aromatic N) is 1. The van der Waals surface area contributed by atoms with Gasteiger partial charge in [0.2, 0.25) is 6.43 Å². The van der Waals surface area contributed by atoms with Gasteiger partial charge in [-0.3, -0.25) is 0 Å². The second kappa shape index (κ2) is 4.22. The van der Waals surface area contributed by atoms with Gasteiger partial charge < -0.3 is 0 Å². The van der Waals surface area contributed by atoms with Crippen LogP contribution in [-0.2, 0) is 0 Å². The monoisotopic (exact) mass is 251 g/mol. The maximum atomic E-state index is 12.1. The van der Waals surface area contributed by atoms with Crippen LogP contribution in [0.2, 0.25) is 10.2 Å². The molecule has 1 aromatic rings. The lowest BCUT2D eigenvalue weighted by molar-refractivity contribution is 0.129. The molecule has 0 N–H and O–H groups in total. The average molecular weight is 252 g/mol. The molecule has 0 aliphatic heterocycles. The zero-order chi connectivity index (χ0) is 11.0. The Bertz CT molecular complexity index is 370. The molecule has 0 radical (unpaired) electrons. The highest BCUT2D eigenvalue weighted by atomic mass is 35.5. The van der Waals surface area contributed by atoms with Crippen LogP contribution in [0.15, 0.2) is 12.3 Å². The van der Waals surface area contributed by atoms with Crippen LogP contribution in [-0.4, -0.2) is 11.4 Å². The molecule has 1 heterocycles. The highest BCUT2D eigenvalue weighted by Crippen LogP contribution is 2.52. The zero-order valence-corrected chi connectivity index (χ0v) is 9.27. The third kappa shape index (κ3) is 2.58. The standard InChI is InChI=1S/C10H9Cl2F2N/c11-8-4-15-9(12)3-7(8)6-1-5(6)2-10(13)14/h3-6,10H,1-2H2/t5-,6+/m1/s1. The number of alkyl halides is 2. The number of rotatable bonds is 3. The molecule has 1 saturated carbocycles. The minimum atomic E-state index is -2.24. The first-order valence-electron chi connectivity index (χ1n) is 4.67. The molecule has 0 saturated heterocycles. The molecule has 0 amide bonds. The van der Waals surface area contributed by atoms with Gasteiger partial charge >= 0.3 is 0 Å². The fraction of sp³-hybridized carbons (Fsp3) is 0.500. The summed E-state index contributed by atoms with van der Waals surface area (Å²) in [4.78, 5) is 3.82. The first kappa shape index (κ1) is 11.1. The van der Waals surface area contributed by atoms with Crippen molar-refractivity contribution in [2.75, 3.05) is 0 Å². The lowest BCUT2D eigenvalue weighted by Crippen LogP contribution is -1.94. The summed E-state index contributed by atoms with van der Waals surface area (Å²) in [6.07, 6.45) is -0.0569. The van der Waals surface area contributed by atoms with E-state index in [2.05, 4.69) is 4.98 Å². The molecular formula is C10H9Cl2F2N. The van der Waals surface area contributed by atoms with Crippen LogP contribution in [0.5, 0.6) is 0 Å². The average Bonchev–Trinajstić information content (AvgIpc) is 2.87. The number of hydrogen-bond acceptors (Lipinski definition) is 1. The van der Waals surface area contributed by atoms with Crippen molar-refractivity contribution in [1.29, 1.82) is 0 Å². The Morgan fingerprint density at radius 3 is 2.87 bits per heavy atom. The highest BCUT2D eigenvalue weighted by Gasteiger charge is 2.41. The van der Waals surface area contributed by atoms with E-state index < -0.39 is 6.43 Å². The molecule has 82 valence electrons. The SMILES string of the molecule is FC(F)C[C@H]1C[C@@H]1c1cc(Cl)ncc1Cl. The maximum Gasteiger partial charge on any atom is 0.238 e. The Morgan fingerprint density at radius 2 is 2.20 bits per heavy atom. The second-order valence-electron chi connectivity index (χ2n) is 3.76. The highest BCUT2D eigenvalue weighted by molar-refractivity contribution is 6.32. The van der Waals surface area contributed by atoms with E-state index in [-0.39, 0.29) is 18.3 Å². The third-order valence-corrected chi connectivity index (χ3v) is 3.18. The first-order valence-corrected chi connectivity index (χ1v) is 5.42. The van der Waals surface area contributed by atoms with Gasteiger partial charge in [-0.05, 0) is 29.9 Å². The van der Waals surface area contributed by atoms with E-state index >= 15 is 0 Å². The van der Waals surface area contributed by atoms with E-state index in [0.717, 1.165) is 12.0 Å². The quantitative estimate of drug-likeness (QED) is 0.736. The van der Waals surface area contributed by atoms with E-state index in [1.807, 2.05) is 0 Å². The van der Waals surface area contributed by atoms with E-state index in [4.69, 9.17) is 23.2 Å². The van der Waals surface area contributed by atoms with Crippen molar-refractivity contribution >= 4 is 23.2 Å². The van der Waals surface area contributed by atoms with Gasteiger partial charge in [0, 0.05) is 12.6 Å². The summed E-state index contributed by atoms with van der Waals surface area (Å²) in [7, 11) is 0. The van der Waals surface area contributed by atoms with Crippen LogP contribution >= 0.6 is 23.2 Å². The van der Waals surface area contributed by atoms with Gasteiger partial charge in [0.25, 0.3) is 0 Å². The summed E-state index contributed by atoms with van der Waals surface area (Å²) >= 11 is 11.6. The molecule has 15 heavy (non-hydrogen) atoms. The lowest BCUT2D eigenvalue weighted by atomic mass is 10.1. The zero-order valence-electron chi connectivity index (χ0n) is 7.76. The smallest absolute Gasteiger partial charge is 0.238 e. The molecule has 2 atom stereocenters. The van der Waals surface area contributed by atoms with Crippen LogP contribution in [0.25, 0.3) is 0 Å². The third-order valence-electron chi connectivity index (χ3n) is 2.65. The molecule has 5 heteroatoms. The Balaban J connectivity index is 2.09. The molecule has 0 unspecified atom stereocenters. The molecule has 0 aromatic carbocycles. The lowest BCUT2D eigenvalue weighted by Gasteiger charge is -2.03. The predicted molar refractivity (Wildman–Crippen MR) is 55.7 cm³/mol. The summed E-state index contributed by atoms with van der Waals surface area (Å²) in [5.41, 5.74) is 0.849. The molecule has 1 nitrogen and oxygen atoms in total. The summed E-state index contributed by atoms with van der Waals surface area (Å²) in [6.45, 7) is 0. The molecule has 0 spiro atoms. The fourth-order valence-electron chi connectivity index (χ4n) is 1.83.